The van der Waals surface area contributed by atoms with E-state index in [4.69, 9.17) is 11.4 Å². The zero-order valence-corrected chi connectivity index (χ0v) is 15.3. The highest BCUT2D eigenvalue weighted by molar-refractivity contribution is 8.31. The van der Waals surface area contributed by atoms with E-state index in [1.807, 2.05) is 19.4 Å². The van der Waals surface area contributed by atoms with Gasteiger partial charge in [-0.25, -0.2) is 14.2 Å². The first kappa shape index (κ1) is 20.0. The van der Waals surface area contributed by atoms with E-state index in [-0.39, 0.29) is 0 Å². The summed E-state index contributed by atoms with van der Waals surface area (Å²) in [6.45, 7) is 3.53. The molecule has 0 aromatic carbocycles. The lowest BCUT2D eigenvalue weighted by Crippen LogP contribution is -2.27. The topological polar surface area (TPSA) is 136 Å². The van der Waals surface area contributed by atoms with Crippen molar-refractivity contribution >= 4 is 40.4 Å². The maximum Gasteiger partial charge on any atom is 0.411 e. The van der Waals surface area contributed by atoms with Crippen LogP contribution in [0.4, 0.5) is 16.2 Å². The van der Waals surface area contributed by atoms with E-state index in [1.165, 1.54) is 13.3 Å². The summed E-state index contributed by atoms with van der Waals surface area (Å²) in [5, 5.41) is 12.6. The summed E-state index contributed by atoms with van der Waals surface area (Å²) in [5.41, 5.74) is 13.3. The Morgan fingerprint density at radius 1 is 1.50 bits per heavy atom. The number of allylic oxidation sites excluding steroid dienone is 2. The summed E-state index contributed by atoms with van der Waals surface area (Å²) in [6, 6.07) is 1.61. The lowest BCUT2D eigenvalue weighted by atomic mass is 9.76. The van der Waals surface area contributed by atoms with Crippen LogP contribution in [0.15, 0.2) is 33.2 Å². The smallest absolute Gasteiger partial charge is 0.411 e. The van der Waals surface area contributed by atoms with Crippen LogP contribution in [-0.2, 0) is 4.74 Å². The van der Waals surface area contributed by atoms with E-state index in [2.05, 4.69) is 19.4 Å². The van der Waals surface area contributed by atoms with Gasteiger partial charge in [-0.2, -0.15) is 0 Å². The Labute approximate surface area is 144 Å². The molecule has 6 N–H and O–H groups in total. The fraction of sp³-hybridized carbons (Fsp3) is 0.357. The molecule has 0 aliphatic heterocycles. The first-order valence-corrected chi connectivity index (χ1v) is 9.49. The SMILES string of the molecule is COC(=O)Nc1cc(N)cnc1S(C)(C)N=C(C)/C=C(\C)B(N)O. The number of amides is 1. The highest BCUT2D eigenvalue weighted by atomic mass is 32.3. The number of nitrogens with one attached hydrogen (secondary N) is 1. The van der Waals surface area contributed by atoms with Crippen LogP contribution in [0.3, 0.4) is 0 Å². The van der Waals surface area contributed by atoms with Gasteiger partial charge in [-0.3, -0.25) is 5.32 Å². The third-order valence-electron chi connectivity index (χ3n) is 3.04. The Hall–Kier alpha value is -2.04. The van der Waals surface area contributed by atoms with Crippen molar-refractivity contribution in [3.63, 3.8) is 0 Å². The minimum Gasteiger partial charge on any atom is -0.453 e. The van der Waals surface area contributed by atoms with E-state index >= 15 is 0 Å². The molecule has 0 bridgehead atoms. The van der Waals surface area contributed by atoms with Gasteiger partial charge in [0.1, 0.15) is 5.03 Å². The molecule has 0 radical (unpaired) electrons. The number of pyridine rings is 1. The van der Waals surface area contributed by atoms with Gasteiger partial charge in [-0.1, -0.05) is 5.47 Å². The maximum absolute atomic E-state index is 11.5. The van der Waals surface area contributed by atoms with Crippen LogP contribution in [-0.4, -0.2) is 48.5 Å². The van der Waals surface area contributed by atoms with Crippen molar-refractivity contribution in [1.29, 1.82) is 0 Å². The summed E-state index contributed by atoms with van der Waals surface area (Å²) in [6.07, 6.45) is 6.48. The highest BCUT2D eigenvalue weighted by Crippen LogP contribution is 2.53. The van der Waals surface area contributed by atoms with Crippen LogP contribution in [0.1, 0.15) is 13.8 Å². The zero-order chi connectivity index (χ0) is 18.5. The van der Waals surface area contributed by atoms with Crippen molar-refractivity contribution in [3.8, 4) is 0 Å². The Morgan fingerprint density at radius 3 is 2.67 bits per heavy atom. The Bertz CT molecular complexity index is 676. The van der Waals surface area contributed by atoms with Gasteiger partial charge in [0.05, 0.1) is 24.7 Å². The molecule has 8 nitrogen and oxygen atoms in total. The molecule has 1 heterocycles. The van der Waals surface area contributed by atoms with Gasteiger partial charge in [0.25, 0.3) is 0 Å². The number of hydrogen-bond acceptors (Lipinski definition) is 7. The minimum atomic E-state index is -1.75. The Balaban J connectivity index is 3.27. The zero-order valence-electron chi connectivity index (χ0n) is 14.5. The van der Waals surface area contributed by atoms with E-state index in [0.29, 0.717) is 27.6 Å². The standard InChI is InChI=1S/C14H24BN5O3S/c1-9(15(17)22)6-10(2)20-24(4,5)13-12(19-14(21)23-3)7-11(16)8-18-13/h6-8,22H,16-17H2,1-5H3,(H,19,21)/b9-6+,20-10?. The van der Waals surface area contributed by atoms with Crippen LogP contribution >= 0.6 is 10.2 Å². The summed E-state index contributed by atoms with van der Waals surface area (Å²) < 4.78 is 9.31. The molecule has 0 atom stereocenters. The van der Waals surface area contributed by atoms with Crippen LogP contribution < -0.4 is 16.7 Å². The third kappa shape index (κ3) is 5.55. The lowest BCUT2D eigenvalue weighted by Gasteiger charge is -2.28. The van der Waals surface area contributed by atoms with E-state index < -0.39 is 23.4 Å². The molecule has 0 spiro atoms. The number of carbonyl (C=O) groups is 1. The minimum absolute atomic E-state index is 0.419. The Kier molecular flexibility index (Phi) is 6.82. The Morgan fingerprint density at radius 2 is 2.12 bits per heavy atom. The van der Waals surface area contributed by atoms with Gasteiger partial charge in [-0.05, 0) is 38.5 Å². The van der Waals surface area contributed by atoms with Gasteiger partial charge in [0.2, 0.25) is 0 Å². The van der Waals surface area contributed by atoms with Crippen molar-refractivity contribution in [2.45, 2.75) is 18.9 Å². The number of nitrogens with two attached hydrogens (primary N) is 2. The molecule has 0 aliphatic carbocycles. The number of hydrogen-bond donors (Lipinski definition) is 4. The number of carbonyl (C=O) groups excluding carboxylic acids is 1. The molecular weight excluding hydrogens is 329 g/mol. The molecule has 1 aromatic rings. The van der Waals surface area contributed by atoms with E-state index in [0.717, 1.165) is 0 Å². The number of rotatable bonds is 5. The van der Waals surface area contributed by atoms with Crippen LogP contribution in [0.5, 0.6) is 0 Å². The van der Waals surface area contributed by atoms with Crippen LogP contribution in [0, 0.1) is 0 Å². The van der Waals surface area contributed by atoms with Gasteiger partial charge >= 0.3 is 13.1 Å². The molecule has 10 heteroatoms. The fourth-order valence-corrected chi connectivity index (χ4v) is 3.78. The molecule has 24 heavy (non-hydrogen) atoms. The molecule has 132 valence electrons. The number of anilines is 2. The van der Waals surface area contributed by atoms with Crippen molar-refractivity contribution in [1.82, 2.24) is 4.98 Å². The number of aromatic nitrogens is 1. The number of nitrogen functional groups attached to an aromatic ring is 1. The fourth-order valence-electron chi connectivity index (χ4n) is 1.96. The van der Waals surface area contributed by atoms with Crippen molar-refractivity contribution in [2.75, 3.05) is 30.7 Å². The highest BCUT2D eigenvalue weighted by Gasteiger charge is 2.21. The molecule has 0 unspecified atom stereocenters. The van der Waals surface area contributed by atoms with Gasteiger partial charge < -0.3 is 21.1 Å². The number of ether oxygens (including phenoxy) is 1. The average molecular weight is 353 g/mol. The van der Waals surface area contributed by atoms with Crippen molar-refractivity contribution in [2.24, 2.45) is 10.0 Å². The van der Waals surface area contributed by atoms with Gasteiger partial charge in [0, 0.05) is 5.71 Å². The number of nitrogens with zero attached hydrogens (tertiary/aromatic N) is 2. The molecule has 1 amide bonds. The molecule has 0 saturated heterocycles. The summed E-state index contributed by atoms with van der Waals surface area (Å²) in [4.78, 5) is 15.9. The number of methoxy groups -OCH3 is 1. The summed E-state index contributed by atoms with van der Waals surface area (Å²) in [7, 11) is -1.50. The second-order valence-corrected chi connectivity index (χ2v) is 8.69. The molecule has 1 aromatic heterocycles. The molecular formula is C14H24BN5O3S. The lowest BCUT2D eigenvalue weighted by molar-refractivity contribution is 0.187. The van der Waals surface area contributed by atoms with Crippen LogP contribution in [0.25, 0.3) is 0 Å². The largest absolute Gasteiger partial charge is 0.453 e. The summed E-state index contributed by atoms with van der Waals surface area (Å²) in [5.74, 6) is 0. The van der Waals surface area contributed by atoms with E-state index in [9.17, 15) is 9.82 Å². The first-order valence-electron chi connectivity index (χ1n) is 7.09. The molecule has 1 rings (SSSR count). The molecule has 0 fully saturated rings. The normalized spacial score (nSPS) is 13.5. The molecule has 0 aliphatic rings. The van der Waals surface area contributed by atoms with E-state index in [1.54, 1.807) is 19.1 Å². The predicted octanol–water partition coefficient (Wildman–Crippen LogP) is 1.57. The predicted molar refractivity (Wildman–Crippen MR) is 101 cm³/mol. The van der Waals surface area contributed by atoms with Gasteiger partial charge in [0.15, 0.2) is 0 Å². The third-order valence-corrected chi connectivity index (χ3v) is 5.06. The van der Waals surface area contributed by atoms with Crippen LogP contribution in [0.2, 0.25) is 0 Å². The average Bonchev–Trinajstić information content (AvgIpc) is 2.45. The van der Waals surface area contributed by atoms with Crippen molar-refractivity contribution < 1.29 is 14.6 Å². The monoisotopic (exact) mass is 353 g/mol. The first-order chi connectivity index (χ1) is 11.1. The quantitative estimate of drug-likeness (QED) is 0.468. The maximum atomic E-state index is 11.5. The second-order valence-electron chi connectivity index (χ2n) is 5.58. The van der Waals surface area contributed by atoms with Gasteiger partial charge in [-0.15, -0.1) is 10.2 Å². The van der Waals surface area contributed by atoms with Crippen molar-refractivity contribution in [3.05, 3.63) is 23.8 Å². The second kappa shape index (κ2) is 8.18. The summed E-state index contributed by atoms with van der Waals surface area (Å²) >= 11 is 0. The molecule has 0 saturated carbocycles.